The number of rotatable bonds is 8. The van der Waals surface area contributed by atoms with Crippen LogP contribution in [0.25, 0.3) is 20.7 Å². The van der Waals surface area contributed by atoms with Crippen molar-refractivity contribution in [1.82, 2.24) is 14.9 Å². The molecule has 4 aromatic rings. The maximum atomic E-state index is 13.1. The molecule has 0 saturated heterocycles. The number of esters is 1. The SMILES string of the molecule is COc1ccc(-c2cc3ncn(CC(=O)OC(C(=O)NC4CC4)c4ccccc4)c(=O)c3s2)cc1. The number of thiophene rings is 1. The van der Waals surface area contributed by atoms with Crippen LogP contribution in [-0.4, -0.2) is 34.6 Å². The third-order valence-electron chi connectivity index (χ3n) is 5.69. The molecular formula is C26H23N3O5S. The molecule has 9 heteroatoms. The highest BCUT2D eigenvalue weighted by atomic mass is 32.1. The number of benzene rings is 2. The summed E-state index contributed by atoms with van der Waals surface area (Å²) in [6.45, 7) is -0.350. The quantitative estimate of drug-likeness (QED) is 0.379. The Hall–Kier alpha value is -3.98. The van der Waals surface area contributed by atoms with Crippen molar-refractivity contribution in [3.63, 3.8) is 0 Å². The number of methoxy groups -OCH3 is 1. The van der Waals surface area contributed by atoms with Crippen LogP contribution in [0.1, 0.15) is 24.5 Å². The van der Waals surface area contributed by atoms with Gasteiger partial charge >= 0.3 is 5.97 Å². The molecule has 5 rings (SSSR count). The second kappa shape index (κ2) is 9.71. The number of hydrogen-bond donors (Lipinski definition) is 1. The summed E-state index contributed by atoms with van der Waals surface area (Å²) < 4.78 is 12.4. The van der Waals surface area contributed by atoms with Crippen molar-refractivity contribution < 1.29 is 19.1 Å². The van der Waals surface area contributed by atoms with Gasteiger partial charge in [-0.2, -0.15) is 0 Å². The summed E-state index contributed by atoms with van der Waals surface area (Å²) in [7, 11) is 1.60. The fourth-order valence-corrected chi connectivity index (χ4v) is 4.73. The van der Waals surface area contributed by atoms with E-state index in [-0.39, 0.29) is 24.1 Å². The van der Waals surface area contributed by atoms with Gasteiger partial charge < -0.3 is 14.8 Å². The van der Waals surface area contributed by atoms with Gasteiger partial charge in [0.05, 0.1) is 19.0 Å². The Kier molecular flexibility index (Phi) is 6.33. The Balaban J connectivity index is 1.35. The highest BCUT2D eigenvalue weighted by Crippen LogP contribution is 2.31. The molecule has 0 radical (unpaired) electrons. The van der Waals surface area contributed by atoms with Crippen molar-refractivity contribution in [2.45, 2.75) is 31.5 Å². The van der Waals surface area contributed by atoms with Gasteiger partial charge in [0, 0.05) is 16.5 Å². The average molecular weight is 490 g/mol. The van der Waals surface area contributed by atoms with Gasteiger partial charge in [0.1, 0.15) is 17.0 Å². The zero-order valence-electron chi connectivity index (χ0n) is 19.0. The van der Waals surface area contributed by atoms with E-state index in [9.17, 15) is 14.4 Å². The molecule has 1 fully saturated rings. The Morgan fingerprint density at radius 1 is 1.14 bits per heavy atom. The Morgan fingerprint density at radius 3 is 2.57 bits per heavy atom. The normalized spacial score (nSPS) is 13.9. The van der Waals surface area contributed by atoms with E-state index in [1.165, 1.54) is 22.2 Å². The van der Waals surface area contributed by atoms with E-state index in [1.807, 2.05) is 36.4 Å². The molecule has 0 spiro atoms. The minimum Gasteiger partial charge on any atom is -0.497 e. The molecule has 2 aromatic heterocycles. The molecule has 1 aliphatic carbocycles. The van der Waals surface area contributed by atoms with Gasteiger partial charge in [-0.25, -0.2) is 4.98 Å². The summed E-state index contributed by atoms with van der Waals surface area (Å²) in [6, 6.07) is 18.3. The number of carbonyl (C=O) groups excluding carboxylic acids is 2. The highest BCUT2D eigenvalue weighted by molar-refractivity contribution is 7.22. The van der Waals surface area contributed by atoms with Crippen molar-refractivity contribution in [3.8, 4) is 16.2 Å². The summed E-state index contributed by atoms with van der Waals surface area (Å²) in [5.74, 6) is -0.316. The van der Waals surface area contributed by atoms with Crippen LogP contribution >= 0.6 is 11.3 Å². The van der Waals surface area contributed by atoms with Gasteiger partial charge in [0.2, 0.25) is 6.10 Å². The average Bonchev–Trinajstić information content (AvgIpc) is 3.59. The molecule has 1 aliphatic rings. The number of fused-ring (bicyclic) bond motifs is 1. The standard InChI is InChI=1S/C26H23N3O5S/c1-33-19-11-7-16(8-12-19)21-13-20-24(35-21)26(32)29(15-27-20)14-22(30)34-23(17-5-3-2-4-6-17)25(31)28-18-9-10-18/h2-8,11-13,15,18,23H,9-10,14H2,1H3,(H,28,31). The largest absolute Gasteiger partial charge is 0.497 e. The number of aromatic nitrogens is 2. The number of nitrogens with one attached hydrogen (secondary N) is 1. The lowest BCUT2D eigenvalue weighted by molar-refractivity contribution is -0.157. The number of nitrogens with zero attached hydrogens (tertiary/aromatic N) is 2. The first-order valence-corrected chi connectivity index (χ1v) is 12.0. The molecule has 0 aliphatic heterocycles. The monoisotopic (exact) mass is 489 g/mol. The van der Waals surface area contributed by atoms with E-state index < -0.39 is 12.1 Å². The molecule has 2 aromatic carbocycles. The second-order valence-corrected chi connectivity index (χ2v) is 9.35. The first-order valence-electron chi connectivity index (χ1n) is 11.2. The van der Waals surface area contributed by atoms with Crippen molar-refractivity contribution in [2.75, 3.05) is 7.11 Å². The van der Waals surface area contributed by atoms with Crippen LogP contribution in [0.4, 0.5) is 0 Å². The third-order valence-corrected chi connectivity index (χ3v) is 6.85. The number of amides is 1. The van der Waals surface area contributed by atoms with E-state index in [0.29, 0.717) is 15.8 Å². The number of ether oxygens (including phenoxy) is 2. The summed E-state index contributed by atoms with van der Waals surface area (Å²) in [5, 5.41) is 2.88. The number of carbonyl (C=O) groups is 2. The number of hydrogen-bond acceptors (Lipinski definition) is 7. The maximum Gasteiger partial charge on any atom is 0.327 e. The summed E-state index contributed by atoms with van der Waals surface area (Å²) in [6.07, 6.45) is 2.08. The van der Waals surface area contributed by atoms with Gasteiger partial charge in [-0.05, 0) is 48.7 Å². The Labute approximate surface area is 205 Å². The molecule has 8 nitrogen and oxygen atoms in total. The van der Waals surface area contributed by atoms with E-state index >= 15 is 0 Å². The molecule has 1 N–H and O–H groups in total. The van der Waals surface area contributed by atoms with Gasteiger partial charge in [0.15, 0.2) is 0 Å². The van der Waals surface area contributed by atoms with E-state index in [2.05, 4.69) is 10.3 Å². The Morgan fingerprint density at radius 2 is 1.89 bits per heavy atom. The topological polar surface area (TPSA) is 99.5 Å². The zero-order chi connectivity index (χ0) is 24.4. The van der Waals surface area contributed by atoms with Crippen LogP contribution in [0.5, 0.6) is 5.75 Å². The fraction of sp³-hybridized carbons (Fsp3) is 0.231. The minimum absolute atomic E-state index is 0.125. The van der Waals surface area contributed by atoms with E-state index in [0.717, 1.165) is 29.0 Å². The molecule has 1 atom stereocenters. The second-order valence-electron chi connectivity index (χ2n) is 8.29. The van der Waals surface area contributed by atoms with Crippen molar-refractivity contribution >= 4 is 33.4 Å². The molecule has 0 bridgehead atoms. The molecule has 35 heavy (non-hydrogen) atoms. The molecule has 178 valence electrons. The van der Waals surface area contributed by atoms with Crippen LogP contribution in [0.3, 0.4) is 0 Å². The van der Waals surface area contributed by atoms with Gasteiger partial charge in [-0.15, -0.1) is 11.3 Å². The minimum atomic E-state index is -1.08. The van der Waals surface area contributed by atoms with E-state index in [4.69, 9.17) is 9.47 Å². The molecular weight excluding hydrogens is 466 g/mol. The summed E-state index contributed by atoms with van der Waals surface area (Å²) in [4.78, 5) is 43.8. The first kappa shape index (κ1) is 22.8. The van der Waals surface area contributed by atoms with Crippen LogP contribution in [0, 0.1) is 0 Å². The molecule has 1 unspecified atom stereocenters. The lowest BCUT2D eigenvalue weighted by Crippen LogP contribution is -2.35. The van der Waals surface area contributed by atoms with Crippen molar-refractivity contribution in [2.24, 2.45) is 0 Å². The van der Waals surface area contributed by atoms with Crippen LogP contribution in [0.15, 0.2) is 71.8 Å². The van der Waals surface area contributed by atoms with Gasteiger partial charge in [0.25, 0.3) is 11.5 Å². The fourth-order valence-electron chi connectivity index (χ4n) is 3.67. The summed E-state index contributed by atoms with van der Waals surface area (Å²) in [5.41, 5.74) is 1.73. The van der Waals surface area contributed by atoms with E-state index in [1.54, 1.807) is 31.4 Å². The Bertz CT molecular complexity index is 1430. The lowest BCUT2D eigenvalue weighted by Gasteiger charge is -2.18. The van der Waals surface area contributed by atoms with Gasteiger partial charge in [-0.3, -0.25) is 19.0 Å². The molecule has 1 saturated carbocycles. The molecule has 2 heterocycles. The highest BCUT2D eigenvalue weighted by Gasteiger charge is 2.31. The third kappa shape index (κ3) is 5.09. The maximum absolute atomic E-state index is 13.1. The van der Waals surface area contributed by atoms with Crippen LogP contribution in [0.2, 0.25) is 0 Å². The smallest absolute Gasteiger partial charge is 0.327 e. The van der Waals surface area contributed by atoms with Crippen LogP contribution in [-0.2, 0) is 20.9 Å². The summed E-state index contributed by atoms with van der Waals surface area (Å²) >= 11 is 1.31. The van der Waals surface area contributed by atoms with Gasteiger partial charge in [-0.1, -0.05) is 30.3 Å². The first-order chi connectivity index (χ1) is 17.0. The van der Waals surface area contributed by atoms with Crippen LogP contribution < -0.4 is 15.6 Å². The zero-order valence-corrected chi connectivity index (χ0v) is 19.8. The van der Waals surface area contributed by atoms with Crippen molar-refractivity contribution in [1.29, 1.82) is 0 Å². The van der Waals surface area contributed by atoms with Crippen molar-refractivity contribution in [3.05, 3.63) is 82.9 Å². The molecule has 1 amide bonds. The predicted octanol–water partition coefficient (Wildman–Crippen LogP) is 3.70. The predicted molar refractivity (Wildman–Crippen MR) is 132 cm³/mol. The lowest BCUT2D eigenvalue weighted by atomic mass is 10.1.